The summed E-state index contributed by atoms with van der Waals surface area (Å²) in [7, 11) is 0. The van der Waals surface area contributed by atoms with E-state index in [4.69, 9.17) is 4.74 Å². The van der Waals surface area contributed by atoms with Gasteiger partial charge in [-0.3, -0.25) is 14.7 Å². The molecule has 3 saturated carbocycles. The molecule has 7 heteroatoms. The van der Waals surface area contributed by atoms with Crippen molar-refractivity contribution in [1.82, 2.24) is 9.88 Å². The van der Waals surface area contributed by atoms with Gasteiger partial charge in [0.2, 0.25) is 5.91 Å². The number of rotatable bonds is 4. The average molecular weight is 418 g/mol. The maximum absolute atomic E-state index is 13.4. The summed E-state index contributed by atoms with van der Waals surface area (Å²) < 4.78 is 19.4. The number of nitrogens with zero attached hydrogens (tertiary/aromatic N) is 4. The number of hydrogen-bond donors (Lipinski definition) is 0. The lowest BCUT2D eigenvalue weighted by molar-refractivity contribution is -0.128. The highest BCUT2D eigenvalue weighted by atomic mass is 19.1. The van der Waals surface area contributed by atoms with E-state index >= 15 is 0 Å². The van der Waals surface area contributed by atoms with Crippen molar-refractivity contribution in [3.63, 3.8) is 0 Å². The number of hydrogen-bond acceptors (Lipinski definition) is 5. The second-order valence-electron chi connectivity index (χ2n) is 9.60. The molecule has 6 nitrogen and oxygen atoms in total. The Hall–Kier alpha value is -2.98. The molecular weight excluding hydrogens is 395 g/mol. The molecule has 0 unspecified atom stereocenters. The molecule has 2 aliphatic heterocycles. The van der Waals surface area contributed by atoms with Gasteiger partial charge < -0.3 is 9.64 Å². The number of amides is 1. The summed E-state index contributed by atoms with van der Waals surface area (Å²) in [6, 6.07) is 9.06. The predicted octanol–water partition coefficient (Wildman–Crippen LogP) is 3.02. The van der Waals surface area contributed by atoms with Crippen LogP contribution in [0.4, 0.5) is 10.1 Å². The normalized spacial score (nSPS) is 29.0. The number of pyridine rings is 1. The van der Waals surface area contributed by atoms with Crippen molar-refractivity contribution in [3.8, 4) is 11.8 Å². The zero-order valence-corrected chi connectivity index (χ0v) is 17.2. The predicted molar refractivity (Wildman–Crippen MR) is 111 cm³/mol. The highest BCUT2D eigenvalue weighted by Crippen LogP contribution is 2.74. The summed E-state index contributed by atoms with van der Waals surface area (Å²) in [5, 5.41) is 9.35. The fraction of sp³-hybridized carbons (Fsp3) is 0.458. The number of nitriles is 1. The van der Waals surface area contributed by atoms with Crippen LogP contribution in [0.25, 0.3) is 0 Å². The first-order valence-corrected chi connectivity index (χ1v) is 10.8. The fourth-order valence-electron chi connectivity index (χ4n) is 5.91. The minimum Gasteiger partial charge on any atom is -0.489 e. The van der Waals surface area contributed by atoms with Gasteiger partial charge in [0.25, 0.3) is 0 Å². The molecule has 2 aromatic rings. The molecule has 2 bridgehead atoms. The van der Waals surface area contributed by atoms with E-state index in [0.717, 1.165) is 41.8 Å². The Bertz CT molecular complexity index is 1100. The van der Waals surface area contributed by atoms with Crippen LogP contribution in [0.3, 0.4) is 0 Å². The number of halogens is 1. The lowest BCUT2D eigenvalue weighted by atomic mass is 9.34. The van der Waals surface area contributed by atoms with Crippen molar-refractivity contribution < 1.29 is 13.9 Å². The molecular formula is C24H23FN4O2. The third-order valence-electron chi connectivity index (χ3n) is 7.44. The van der Waals surface area contributed by atoms with E-state index in [0.29, 0.717) is 32.8 Å². The van der Waals surface area contributed by atoms with E-state index in [1.54, 1.807) is 18.3 Å². The van der Waals surface area contributed by atoms with Gasteiger partial charge in [0.1, 0.15) is 23.9 Å². The Labute approximate surface area is 180 Å². The number of likely N-dealkylation sites (tertiary alicyclic amines) is 1. The van der Waals surface area contributed by atoms with E-state index in [-0.39, 0.29) is 28.5 Å². The molecule has 3 heterocycles. The first-order valence-electron chi connectivity index (χ1n) is 10.8. The molecule has 158 valence electrons. The van der Waals surface area contributed by atoms with E-state index in [1.165, 1.54) is 6.07 Å². The second-order valence-corrected chi connectivity index (χ2v) is 9.60. The van der Waals surface area contributed by atoms with Crippen LogP contribution in [0.15, 0.2) is 36.7 Å². The number of fused-ring (bicyclic) bond motifs is 1. The molecule has 0 radical (unpaired) electrons. The monoisotopic (exact) mass is 418 g/mol. The largest absolute Gasteiger partial charge is 0.489 e. The summed E-state index contributed by atoms with van der Waals surface area (Å²) in [6.07, 6.45) is 6.18. The van der Waals surface area contributed by atoms with Crippen LogP contribution < -0.4 is 9.64 Å². The lowest BCUT2D eigenvalue weighted by Gasteiger charge is -2.67. The first-order chi connectivity index (χ1) is 15.0. The molecule has 1 aromatic heterocycles. The lowest BCUT2D eigenvalue weighted by Crippen LogP contribution is -2.64. The van der Waals surface area contributed by atoms with Crippen LogP contribution >= 0.6 is 0 Å². The van der Waals surface area contributed by atoms with Crippen molar-refractivity contribution in [2.75, 3.05) is 31.1 Å². The van der Waals surface area contributed by atoms with Gasteiger partial charge in [-0.2, -0.15) is 5.26 Å². The van der Waals surface area contributed by atoms with Crippen molar-refractivity contribution in [2.45, 2.75) is 31.2 Å². The van der Waals surface area contributed by atoms with E-state index < -0.39 is 0 Å². The molecule has 0 atom stereocenters. The zero-order chi connectivity index (χ0) is 21.2. The average Bonchev–Trinajstić information content (AvgIpc) is 2.68. The molecule has 1 aromatic carbocycles. The summed E-state index contributed by atoms with van der Waals surface area (Å²) in [6.45, 7) is 2.98. The number of carbonyl (C=O) groups is 1. The summed E-state index contributed by atoms with van der Waals surface area (Å²) in [5.74, 6) is 0.574. The van der Waals surface area contributed by atoms with Crippen LogP contribution in [0, 0.1) is 28.5 Å². The Morgan fingerprint density at radius 1 is 1.29 bits per heavy atom. The van der Waals surface area contributed by atoms with Gasteiger partial charge in [-0.15, -0.1) is 0 Å². The Morgan fingerprint density at radius 3 is 2.84 bits per heavy atom. The number of ether oxygens (including phenoxy) is 1. The molecule has 0 N–H and O–H groups in total. The van der Waals surface area contributed by atoms with E-state index in [2.05, 4.69) is 16.0 Å². The molecule has 31 heavy (non-hydrogen) atoms. The molecule has 0 spiro atoms. The number of benzene rings is 1. The van der Waals surface area contributed by atoms with Crippen LogP contribution in [-0.4, -0.2) is 42.0 Å². The fourth-order valence-corrected chi connectivity index (χ4v) is 5.91. The standard InChI is InChI=1S/C24H23FN4O2/c25-18-3-1-2-16(6-18)9-28-10-17(11-28)22(30)29-4-5-31-21-19(7-27-8-20(21)29)24-12-23(13-24,14-24)15-26/h1-3,6-8,17H,4-5,9-14H2. The summed E-state index contributed by atoms with van der Waals surface area (Å²) >= 11 is 0. The SMILES string of the molecule is N#CC12CC(c3cncc4c3OCCN4C(=O)C3CN(Cc4cccc(F)c4)C3)(C1)C2. The number of carbonyl (C=O) groups excluding carboxylic acids is 1. The van der Waals surface area contributed by atoms with Gasteiger partial charge in [-0.25, -0.2) is 4.39 Å². The third-order valence-corrected chi connectivity index (χ3v) is 7.44. The van der Waals surface area contributed by atoms with Gasteiger partial charge in [-0.05, 0) is 37.0 Å². The maximum atomic E-state index is 13.4. The molecule has 5 aliphatic rings. The topological polar surface area (TPSA) is 69.5 Å². The third kappa shape index (κ3) is 2.78. The first kappa shape index (κ1) is 18.8. The van der Waals surface area contributed by atoms with Crippen LogP contribution in [0.1, 0.15) is 30.4 Å². The van der Waals surface area contributed by atoms with Crippen LogP contribution in [0.2, 0.25) is 0 Å². The van der Waals surface area contributed by atoms with Crippen LogP contribution in [-0.2, 0) is 16.8 Å². The minimum atomic E-state index is -0.233. The van der Waals surface area contributed by atoms with Crippen LogP contribution in [0.5, 0.6) is 5.75 Å². The van der Waals surface area contributed by atoms with Gasteiger partial charge >= 0.3 is 0 Å². The molecule has 1 saturated heterocycles. The highest BCUT2D eigenvalue weighted by molar-refractivity contribution is 5.97. The Balaban J connectivity index is 1.16. The number of anilines is 1. The van der Waals surface area contributed by atoms with Crippen molar-refractivity contribution >= 4 is 11.6 Å². The molecule has 4 fully saturated rings. The van der Waals surface area contributed by atoms with Crippen molar-refractivity contribution in [2.24, 2.45) is 11.3 Å². The minimum absolute atomic E-state index is 0.00163. The molecule has 3 aliphatic carbocycles. The molecule has 7 rings (SSSR count). The van der Waals surface area contributed by atoms with Crippen molar-refractivity contribution in [3.05, 3.63) is 53.6 Å². The zero-order valence-electron chi connectivity index (χ0n) is 17.2. The van der Waals surface area contributed by atoms with E-state index in [1.807, 2.05) is 17.2 Å². The smallest absolute Gasteiger partial charge is 0.232 e. The van der Waals surface area contributed by atoms with Gasteiger partial charge in [-0.1, -0.05) is 12.1 Å². The van der Waals surface area contributed by atoms with Gasteiger partial charge in [0.05, 0.1) is 30.1 Å². The van der Waals surface area contributed by atoms with Crippen molar-refractivity contribution in [1.29, 1.82) is 5.26 Å². The maximum Gasteiger partial charge on any atom is 0.232 e. The quantitative estimate of drug-likeness (QED) is 0.764. The summed E-state index contributed by atoms with van der Waals surface area (Å²) in [5.41, 5.74) is 2.58. The second kappa shape index (κ2) is 6.51. The van der Waals surface area contributed by atoms with Gasteiger partial charge in [0.15, 0.2) is 0 Å². The van der Waals surface area contributed by atoms with E-state index in [9.17, 15) is 14.4 Å². The Morgan fingerprint density at radius 2 is 2.10 bits per heavy atom. The Kier molecular flexibility index (Phi) is 3.94. The summed E-state index contributed by atoms with van der Waals surface area (Å²) in [4.78, 5) is 21.7. The number of aromatic nitrogens is 1. The molecule has 1 amide bonds. The van der Waals surface area contributed by atoms with Gasteiger partial charge in [0, 0.05) is 36.8 Å². The highest BCUT2D eigenvalue weighted by Gasteiger charge is 2.70.